The average Bonchev–Trinajstić information content (AvgIpc) is 2.95. The zero-order valence-electron chi connectivity index (χ0n) is 18.0. The number of aromatic nitrogens is 2. The number of anilines is 3. The summed E-state index contributed by atoms with van der Waals surface area (Å²) in [4.78, 5) is 23.6. The number of amides is 1. The van der Waals surface area contributed by atoms with Crippen LogP contribution in [0, 0.1) is 10.8 Å². The first-order chi connectivity index (χ1) is 14.2. The van der Waals surface area contributed by atoms with Gasteiger partial charge in [0.2, 0.25) is 0 Å². The number of fused-ring (bicyclic) bond motifs is 2. The Balaban J connectivity index is 1.52. The quantitative estimate of drug-likeness (QED) is 0.650. The molecule has 1 aliphatic carbocycles. The molecule has 160 valence electrons. The van der Waals surface area contributed by atoms with E-state index in [1.807, 2.05) is 6.07 Å². The van der Waals surface area contributed by atoms with Crippen LogP contribution in [0.1, 0.15) is 50.4 Å². The van der Waals surface area contributed by atoms with Crippen molar-refractivity contribution in [1.29, 1.82) is 0 Å². The minimum absolute atomic E-state index is 0.259. The van der Waals surface area contributed by atoms with E-state index in [0.717, 1.165) is 25.2 Å². The summed E-state index contributed by atoms with van der Waals surface area (Å²) in [6.45, 7) is 7.95. The number of methoxy groups -OCH3 is 1. The highest BCUT2D eigenvalue weighted by Gasteiger charge is 2.50. The number of nitrogens with two attached hydrogens (primary N) is 1. The maximum absolute atomic E-state index is 12.6. The number of rotatable bonds is 5. The Bertz CT molecular complexity index is 962. The molecule has 0 spiro atoms. The summed E-state index contributed by atoms with van der Waals surface area (Å²) in [5.41, 5.74) is 13.4. The Morgan fingerprint density at radius 3 is 2.77 bits per heavy atom. The smallest absolute Gasteiger partial charge is 0.273 e. The molecule has 1 aliphatic heterocycles. The van der Waals surface area contributed by atoms with Crippen LogP contribution in [0.25, 0.3) is 0 Å². The van der Waals surface area contributed by atoms with Crippen molar-refractivity contribution in [3.63, 3.8) is 0 Å². The van der Waals surface area contributed by atoms with E-state index < -0.39 is 0 Å². The van der Waals surface area contributed by atoms with Crippen LogP contribution in [0.4, 0.5) is 17.3 Å². The van der Waals surface area contributed by atoms with Gasteiger partial charge in [0.05, 0.1) is 12.7 Å². The number of para-hydroxylation sites is 1. The molecule has 8 heteroatoms. The first-order valence-electron chi connectivity index (χ1n) is 10.3. The van der Waals surface area contributed by atoms with Crippen molar-refractivity contribution in [3.05, 3.63) is 36.2 Å². The predicted molar refractivity (Wildman–Crippen MR) is 117 cm³/mol. The molecule has 1 aromatic carbocycles. The van der Waals surface area contributed by atoms with Gasteiger partial charge in [-0.1, -0.05) is 32.9 Å². The van der Waals surface area contributed by atoms with Crippen LogP contribution in [0.3, 0.4) is 0 Å². The number of nitrogen functional groups attached to an aromatic ring is 1. The molecule has 4 rings (SSSR count). The number of hydrogen-bond acceptors (Lipinski definition) is 7. The van der Waals surface area contributed by atoms with Gasteiger partial charge in [-0.15, -0.1) is 0 Å². The molecule has 1 saturated heterocycles. The Kier molecular flexibility index (Phi) is 4.95. The zero-order valence-corrected chi connectivity index (χ0v) is 18.0. The fourth-order valence-corrected chi connectivity index (χ4v) is 5.44. The fraction of sp³-hybridized carbons (Fsp3) is 0.500. The molecule has 2 bridgehead atoms. The SMILES string of the molecule is COc1ccccc1C(=O)NNc1ncnc(N2CC3(C)CC2CC(C)(C)C3)c1N. The lowest BCUT2D eigenvalue weighted by molar-refractivity contribution is 0.0959. The molecule has 2 aromatic rings. The van der Waals surface area contributed by atoms with E-state index in [-0.39, 0.29) is 11.3 Å². The molecule has 2 heterocycles. The number of carbonyl (C=O) groups excluding carboxylic acids is 1. The van der Waals surface area contributed by atoms with E-state index >= 15 is 0 Å². The summed E-state index contributed by atoms with van der Waals surface area (Å²) in [5, 5.41) is 0. The molecule has 2 unspecified atom stereocenters. The molecule has 1 amide bonds. The van der Waals surface area contributed by atoms with Gasteiger partial charge in [-0.3, -0.25) is 15.6 Å². The minimum atomic E-state index is -0.335. The number of hydrazine groups is 1. The third kappa shape index (κ3) is 3.74. The van der Waals surface area contributed by atoms with Gasteiger partial charge in [-0.25, -0.2) is 9.97 Å². The van der Waals surface area contributed by atoms with Crippen LogP contribution in [0.15, 0.2) is 30.6 Å². The summed E-state index contributed by atoms with van der Waals surface area (Å²) in [6.07, 6.45) is 4.93. The van der Waals surface area contributed by atoms with Crippen molar-refractivity contribution < 1.29 is 9.53 Å². The average molecular weight is 411 g/mol. The Labute approximate surface area is 177 Å². The highest BCUT2D eigenvalue weighted by atomic mass is 16.5. The molecule has 2 fully saturated rings. The molecule has 1 saturated carbocycles. The van der Waals surface area contributed by atoms with E-state index in [2.05, 4.69) is 46.5 Å². The van der Waals surface area contributed by atoms with Crippen molar-refractivity contribution in [3.8, 4) is 5.75 Å². The Hall–Kier alpha value is -3.03. The van der Waals surface area contributed by atoms with E-state index in [9.17, 15) is 4.79 Å². The maximum Gasteiger partial charge on any atom is 0.273 e. The number of hydrogen-bond donors (Lipinski definition) is 3. The molecule has 2 aliphatic rings. The van der Waals surface area contributed by atoms with E-state index in [4.69, 9.17) is 10.5 Å². The van der Waals surface area contributed by atoms with Gasteiger partial charge in [0.15, 0.2) is 11.6 Å². The predicted octanol–water partition coefficient (Wildman–Crippen LogP) is 3.23. The first kappa shape index (κ1) is 20.3. The second-order valence-electron chi connectivity index (χ2n) is 9.58. The van der Waals surface area contributed by atoms with Gasteiger partial charge in [0.25, 0.3) is 5.91 Å². The monoisotopic (exact) mass is 410 g/mol. The third-order valence-corrected chi connectivity index (χ3v) is 6.20. The summed E-state index contributed by atoms with van der Waals surface area (Å²) < 4.78 is 5.25. The third-order valence-electron chi connectivity index (χ3n) is 6.20. The van der Waals surface area contributed by atoms with Gasteiger partial charge < -0.3 is 15.4 Å². The second-order valence-corrected chi connectivity index (χ2v) is 9.58. The van der Waals surface area contributed by atoms with Gasteiger partial charge in [-0.05, 0) is 42.2 Å². The summed E-state index contributed by atoms with van der Waals surface area (Å²) in [7, 11) is 1.53. The van der Waals surface area contributed by atoms with Crippen molar-refractivity contribution in [2.75, 3.05) is 29.7 Å². The Morgan fingerprint density at radius 1 is 1.23 bits per heavy atom. The van der Waals surface area contributed by atoms with E-state index in [0.29, 0.717) is 34.3 Å². The lowest BCUT2D eigenvalue weighted by Crippen LogP contribution is -2.35. The highest BCUT2D eigenvalue weighted by molar-refractivity contribution is 5.97. The fourth-order valence-electron chi connectivity index (χ4n) is 5.44. The van der Waals surface area contributed by atoms with Crippen molar-refractivity contribution in [1.82, 2.24) is 15.4 Å². The van der Waals surface area contributed by atoms with Crippen LogP contribution in [-0.2, 0) is 0 Å². The molecule has 1 aromatic heterocycles. The minimum Gasteiger partial charge on any atom is -0.496 e. The second kappa shape index (κ2) is 7.34. The van der Waals surface area contributed by atoms with Crippen molar-refractivity contribution in [2.24, 2.45) is 10.8 Å². The molecular formula is C22H30N6O2. The molecule has 8 nitrogen and oxygen atoms in total. The maximum atomic E-state index is 12.6. The lowest BCUT2D eigenvalue weighted by atomic mass is 9.65. The first-order valence-corrected chi connectivity index (χ1v) is 10.3. The van der Waals surface area contributed by atoms with Crippen LogP contribution in [0.5, 0.6) is 5.75 Å². The standard InChI is InChI=1S/C22H30N6O2/c1-21(2)9-14-10-22(3,11-21)12-28(14)19-17(23)18(24-13-25-19)26-27-20(29)15-7-5-6-8-16(15)30-4/h5-8,13-14H,9-12,23H2,1-4H3,(H,27,29)(H,24,25,26). The molecular weight excluding hydrogens is 380 g/mol. The summed E-state index contributed by atoms with van der Waals surface area (Å²) in [6, 6.07) is 7.43. The van der Waals surface area contributed by atoms with Gasteiger partial charge in [0.1, 0.15) is 17.8 Å². The lowest BCUT2D eigenvalue weighted by Gasteiger charge is -2.39. The van der Waals surface area contributed by atoms with Crippen LogP contribution in [-0.4, -0.2) is 35.6 Å². The van der Waals surface area contributed by atoms with Crippen LogP contribution < -0.4 is 26.2 Å². The van der Waals surface area contributed by atoms with Crippen LogP contribution in [0.2, 0.25) is 0 Å². The largest absolute Gasteiger partial charge is 0.496 e. The summed E-state index contributed by atoms with van der Waals surface area (Å²) >= 11 is 0. The number of benzene rings is 1. The normalized spacial score (nSPS) is 24.4. The number of nitrogens with zero attached hydrogens (tertiary/aromatic N) is 3. The van der Waals surface area contributed by atoms with E-state index in [1.165, 1.54) is 19.9 Å². The molecule has 30 heavy (non-hydrogen) atoms. The van der Waals surface area contributed by atoms with Crippen molar-refractivity contribution >= 4 is 23.2 Å². The highest BCUT2D eigenvalue weighted by Crippen LogP contribution is 2.53. The van der Waals surface area contributed by atoms with Crippen LogP contribution >= 0.6 is 0 Å². The molecule has 2 atom stereocenters. The zero-order chi connectivity index (χ0) is 21.5. The van der Waals surface area contributed by atoms with E-state index in [1.54, 1.807) is 18.2 Å². The number of nitrogens with one attached hydrogen (secondary N) is 2. The van der Waals surface area contributed by atoms with Gasteiger partial charge in [0, 0.05) is 12.6 Å². The number of carbonyl (C=O) groups is 1. The molecule has 4 N–H and O–H groups in total. The van der Waals surface area contributed by atoms with Gasteiger partial charge in [-0.2, -0.15) is 0 Å². The molecule has 0 radical (unpaired) electrons. The Morgan fingerprint density at radius 2 is 2.00 bits per heavy atom. The topological polar surface area (TPSA) is 105 Å². The summed E-state index contributed by atoms with van der Waals surface area (Å²) in [5.74, 6) is 1.27. The number of ether oxygens (including phenoxy) is 1. The van der Waals surface area contributed by atoms with Crippen molar-refractivity contribution in [2.45, 2.75) is 46.1 Å². The van der Waals surface area contributed by atoms with Gasteiger partial charge >= 0.3 is 0 Å².